The van der Waals surface area contributed by atoms with Gasteiger partial charge in [0.2, 0.25) is 17.3 Å². The van der Waals surface area contributed by atoms with E-state index in [1.165, 1.54) is 12.3 Å². The second-order valence-electron chi connectivity index (χ2n) is 11.8. The zero-order chi connectivity index (χ0) is 31.3. The van der Waals surface area contributed by atoms with Gasteiger partial charge in [0.1, 0.15) is 0 Å². The Bertz CT molecular complexity index is 1510. The number of piperazine rings is 1. The maximum Gasteiger partial charge on any atom is 0.558 e. The zero-order valence-corrected chi connectivity index (χ0v) is 25.8. The summed E-state index contributed by atoms with van der Waals surface area (Å²) < 4.78 is 10.1. The molecular formula is C33H41N6O5+. The van der Waals surface area contributed by atoms with Gasteiger partial charge in [0.15, 0.2) is 0 Å². The first-order valence-corrected chi connectivity index (χ1v) is 15.1. The van der Waals surface area contributed by atoms with E-state index in [4.69, 9.17) is 9.15 Å². The highest BCUT2D eigenvalue weighted by Gasteiger charge is 2.60. The minimum atomic E-state index is -1.18. The summed E-state index contributed by atoms with van der Waals surface area (Å²) in [6, 6.07) is 17.6. The molecule has 11 heteroatoms. The number of amides is 4. The number of nitrogens with zero attached hydrogens (tertiary/aromatic N) is 4. The van der Waals surface area contributed by atoms with E-state index in [2.05, 4.69) is 32.6 Å². The third kappa shape index (κ3) is 6.45. The number of carbonyl (C=O) groups excluding carboxylic acids is 3. The van der Waals surface area contributed by atoms with E-state index < -0.39 is 28.2 Å². The zero-order valence-electron chi connectivity index (χ0n) is 25.8. The van der Waals surface area contributed by atoms with E-state index in [1.54, 1.807) is 12.1 Å². The molecule has 1 fully saturated rings. The van der Waals surface area contributed by atoms with Crippen LogP contribution in [0.3, 0.4) is 0 Å². The van der Waals surface area contributed by atoms with Crippen molar-refractivity contribution in [2.45, 2.75) is 45.7 Å². The molecule has 1 saturated heterocycles. The number of nitrogens with one attached hydrogen (secondary N) is 2. The molecule has 2 N–H and O–H groups in total. The van der Waals surface area contributed by atoms with Crippen LogP contribution in [0.4, 0.5) is 15.3 Å². The lowest BCUT2D eigenvalue weighted by atomic mass is 9.94. The smallest absolute Gasteiger partial charge is 0.454 e. The first kappa shape index (κ1) is 31.1. The topological polar surface area (TPSA) is 116 Å². The van der Waals surface area contributed by atoms with Crippen molar-refractivity contribution in [1.82, 2.24) is 25.0 Å². The second-order valence-corrected chi connectivity index (χ2v) is 11.8. The number of ether oxygens (including phenoxy) is 1. The fourth-order valence-corrected chi connectivity index (χ4v) is 5.32. The van der Waals surface area contributed by atoms with Crippen LogP contribution in [-0.4, -0.2) is 73.5 Å². The summed E-state index contributed by atoms with van der Waals surface area (Å²) in [5.74, 6) is -0.358. The van der Waals surface area contributed by atoms with Crippen molar-refractivity contribution in [3.8, 4) is 0 Å². The Hall–Kier alpha value is -4.32. The van der Waals surface area contributed by atoms with Gasteiger partial charge in [-0.1, -0.05) is 55.8 Å². The van der Waals surface area contributed by atoms with Crippen LogP contribution < -0.4 is 15.2 Å². The average molecular weight is 602 g/mol. The van der Waals surface area contributed by atoms with Crippen molar-refractivity contribution in [3.05, 3.63) is 89.4 Å². The van der Waals surface area contributed by atoms with Crippen LogP contribution in [0.1, 0.15) is 60.9 Å². The third-order valence-corrected chi connectivity index (χ3v) is 8.10. The number of fused-ring (bicyclic) bond motifs is 1. The summed E-state index contributed by atoms with van der Waals surface area (Å²) in [7, 11) is 2.13. The van der Waals surface area contributed by atoms with Crippen molar-refractivity contribution in [3.63, 3.8) is 0 Å². The van der Waals surface area contributed by atoms with E-state index in [1.807, 2.05) is 63.2 Å². The van der Waals surface area contributed by atoms with Crippen LogP contribution >= 0.6 is 0 Å². The normalized spacial score (nSPS) is 18.8. The SMILES string of the molecule is CCCCOC(=O)[N+]1(C(=O)NC(C)(C)c2ccccc2)N=C(NC(=O)c2ccc(CN3CCN(C)CC3)cc2)c2occc21. The monoisotopic (exact) mass is 601 g/mol. The van der Waals surface area contributed by atoms with Crippen LogP contribution in [0.5, 0.6) is 0 Å². The van der Waals surface area contributed by atoms with Crippen molar-refractivity contribution in [2.24, 2.45) is 5.10 Å². The van der Waals surface area contributed by atoms with Gasteiger partial charge in [0.25, 0.3) is 5.91 Å². The van der Waals surface area contributed by atoms with Gasteiger partial charge < -0.3 is 14.1 Å². The van der Waals surface area contributed by atoms with Crippen LogP contribution in [0.15, 0.2) is 76.4 Å². The van der Waals surface area contributed by atoms with E-state index in [-0.39, 0.29) is 23.9 Å². The molecule has 1 aromatic heterocycles. The van der Waals surface area contributed by atoms with Gasteiger partial charge in [0.05, 0.1) is 18.4 Å². The quantitative estimate of drug-likeness (QED) is 0.275. The molecule has 5 rings (SSSR count). The van der Waals surface area contributed by atoms with Crippen LogP contribution in [-0.2, 0) is 16.8 Å². The summed E-state index contributed by atoms with van der Waals surface area (Å²) in [6.07, 6.45) is 1.90. The molecule has 3 aromatic rings. The molecule has 2 aliphatic heterocycles. The van der Waals surface area contributed by atoms with Crippen LogP contribution in [0.25, 0.3) is 0 Å². The standard InChI is InChI=1S/C33H40N6O5/c1-5-6-21-44-32(42)39(31(41)35-33(2,3)26-10-8-7-9-11-26)27-16-22-43-28(27)29(36-39)34-30(40)25-14-12-24(13-15-25)23-38-19-17-37(4)18-20-38/h7-16,22H,5-6,17-21,23H2,1-4H3,(H-,34,35,36,40,41)/p+1. The van der Waals surface area contributed by atoms with Crippen molar-refractivity contribution < 1.29 is 23.5 Å². The van der Waals surface area contributed by atoms with Gasteiger partial charge in [-0.25, -0.2) is 4.79 Å². The molecule has 0 aliphatic carbocycles. The Morgan fingerprint density at radius 2 is 1.70 bits per heavy atom. The average Bonchev–Trinajstić information content (AvgIpc) is 3.62. The minimum absolute atomic E-state index is 0.0309. The minimum Gasteiger partial charge on any atom is -0.454 e. The van der Waals surface area contributed by atoms with E-state index in [9.17, 15) is 14.4 Å². The molecule has 0 bridgehead atoms. The molecular weight excluding hydrogens is 560 g/mol. The van der Waals surface area contributed by atoms with E-state index in [0.717, 1.165) is 50.3 Å². The summed E-state index contributed by atoms with van der Waals surface area (Å²) in [5, 5.41) is 10.2. The van der Waals surface area contributed by atoms with Crippen LogP contribution in [0, 0.1) is 0 Å². The number of urea groups is 1. The number of hydrogen-bond donors (Lipinski definition) is 2. The molecule has 4 amide bonds. The molecule has 232 valence electrons. The maximum atomic E-state index is 14.1. The summed E-state index contributed by atoms with van der Waals surface area (Å²) in [6.45, 7) is 10.7. The molecule has 2 aliphatic rings. The Balaban J connectivity index is 1.39. The number of likely N-dealkylation sites (N-methyl/N-ethyl adjacent to an activating group) is 1. The number of benzene rings is 2. The highest BCUT2D eigenvalue weighted by molar-refractivity contribution is 6.20. The van der Waals surface area contributed by atoms with Crippen LogP contribution in [0.2, 0.25) is 0 Å². The van der Waals surface area contributed by atoms with E-state index >= 15 is 0 Å². The number of carbonyl (C=O) groups is 3. The van der Waals surface area contributed by atoms with Crippen molar-refractivity contribution in [2.75, 3.05) is 39.8 Å². The fourth-order valence-electron chi connectivity index (χ4n) is 5.32. The molecule has 3 heterocycles. The first-order chi connectivity index (χ1) is 21.1. The summed E-state index contributed by atoms with van der Waals surface area (Å²) in [4.78, 5) is 45.9. The van der Waals surface area contributed by atoms with E-state index in [0.29, 0.717) is 12.0 Å². The van der Waals surface area contributed by atoms with Gasteiger partial charge in [-0.2, -0.15) is 4.79 Å². The van der Waals surface area contributed by atoms with Crippen molar-refractivity contribution >= 4 is 29.6 Å². The van der Waals surface area contributed by atoms with Gasteiger partial charge in [-0.05, 0) is 55.7 Å². The number of amidine groups is 1. The Labute approximate surface area is 258 Å². The number of rotatable bonds is 8. The van der Waals surface area contributed by atoms with Gasteiger partial charge in [0, 0.05) is 48.9 Å². The van der Waals surface area contributed by atoms with Gasteiger partial charge in [-0.3, -0.25) is 20.3 Å². The molecule has 2 aromatic carbocycles. The molecule has 1 atom stereocenters. The number of quaternary nitrogens is 1. The first-order valence-electron chi connectivity index (χ1n) is 15.1. The number of unbranched alkanes of at least 4 members (excludes halogenated alkanes) is 1. The van der Waals surface area contributed by atoms with Crippen molar-refractivity contribution in [1.29, 1.82) is 0 Å². The number of imide groups is 1. The Morgan fingerprint density at radius 3 is 2.39 bits per heavy atom. The second kappa shape index (κ2) is 13.1. The summed E-state index contributed by atoms with van der Waals surface area (Å²) >= 11 is 0. The lowest BCUT2D eigenvalue weighted by molar-refractivity contribution is 0.0972. The predicted octanol–water partition coefficient (Wildman–Crippen LogP) is 5.02. The molecule has 44 heavy (non-hydrogen) atoms. The lowest BCUT2D eigenvalue weighted by Crippen LogP contribution is -2.61. The maximum absolute atomic E-state index is 14.1. The summed E-state index contributed by atoms with van der Waals surface area (Å²) in [5.41, 5.74) is 1.66. The molecule has 0 radical (unpaired) electrons. The highest BCUT2D eigenvalue weighted by atomic mass is 16.6. The van der Waals surface area contributed by atoms with Gasteiger partial charge in [-0.15, -0.1) is 0 Å². The third-order valence-electron chi connectivity index (χ3n) is 8.10. The predicted molar refractivity (Wildman–Crippen MR) is 168 cm³/mol. The molecule has 0 spiro atoms. The van der Waals surface area contributed by atoms with Gasteiger partial charge >= 0.3 is 12.1 Å². The number of furan rings is 1. The molecule has 0 saturated carbocycles. The number of hydrogen-bond acceptors (Lipinski definition) is 8. The lowest BCUT2D eigenvalue weighted by Gasteiger charge is -2.32. The Morgan fingerprint density at radius 1 is 1.00 bits per heavy atom. The Kier molecular flexibility index (Phi) is 9.28. The molecule has 11 nitrogen and oxygen atoms in total. The largest absolute Gasteiger partial charge is 0.558 e. The fraction of sp³-hybridized carbons (Fsp3) is 0.394. The molecule has 1 unspecified atom stereocenters. The highest BCUT2D eigenvalue weighted by Crippen LogP contribution is 2.38.